The molecule has 1 heterocycles. The maximum atomic E-state index is 9.88. The van der Waals surface area contributed by atoms with Gasteiger partial charge in [-0.3, -0.25) is 0 Å². The highest BCUT2D eigenvalue weighted by Gasteiger charge is 2.44. The van der Waals surface area contributed by atoms with Gasteiger partial charge in [0, 0.05) is 13.1 Å². The Hall–Kier alpha value is 0.0400. The Bertz CT molecular complexity index is 301. The molecule has 1 aliphatic rings. The van der Waals surface area contributed by atoms with Gasteiger partial charge in [0.1, 0.15) is 34.2 Å². The summed E-state index contributed by atoms with van der Waals surface area (Å²) in [4.78, 5) is 1.92. The average Bonchev–Trinajstić information content (AvgIpc) is 2.40. The first kappa shape index (κ1) is 17.1. The van der Waals surface area contributed by atoms with E-state index in [1.807, 2.05) is 18.7 Å². The van der Waals surface area contributed by atoms with E-state index < -0.39 is 36.5 Å². The van der Waals surface area contributed by atoms with Gasteiger partial charge in [-0.25, -0.2) is 0 Å². The van der Waals surface area contributed by atoms with Crippen molar-refractivity contribution in [3.05, 3.63) is 0 Å². The van der Waals surface area contributed by atoms with Crippen LogP contribution in [0, 0.1) is 0 Å². The lowest BCUT2D eigenvalue weighted by molar-refractivity contribution is -0.205. The maximum Gasteiger partial charge on any atom is 0.139 e. The fraction of sp³-hybridized carbons (Fsp3) is 0.909. The standard InChI is InChI=1S/C11H21NO5S2/c1-3-12(4-2)11(18)19-10-9(16)8(15)7(14)6(5-13)17-10/h6-10,13-16H,3-5H2,1-2H3/t6-,7-,8+,9+,10?/m1/s1. The van der Waals surface area contributed by atoms with Gasteiger partial charge >= 0.3 is 0 Å². The zero-order valence-electron chi connectivity index (χ0n) is 11.0. The molecule has 0 radical (unpaired) electrons. The van der Waals surface area contributed by atoms with Gasteiger partial charge in [-0.15, -0.1) is 0 Å². The Morgan fingerprint density at radius 1 is 1.16 bits per heavy atom. The number of aliphatic hydroxyl groups is 4. The van der Waals surface area contributed by atoms with E-state index in [9.17, 15) is 15.3 Å². The zero-order chi connectivity index (χ0) is 14.6. The number of hydrogen-bond acceptors (Lipinski definition) is 7. The van der Waals surface area contributed by atoms with E-state index in [0.717, 1.165) is 24.9 Å². The number of aliphatic hydroxyl groups excluding tert-OH is 4. The molecule has 0 saturated carbocycles. The molecule has 5 atom stereocenters. The van der Waals surface area contributed by atoms with Crippen LogP contribution >= 0.6 is 24.0 Å². The molecular weight excluding hydrogens is 290 g/mol. The van der Waals surface area contributed by atoms with Gasteiger partial charge in [0.15, 0.2) is 0 Å². The quantitative estimate of drug-likeness (QED) is 0.499. The lowest BCUT2D eigenvalue weighted by atomic mass is 10.0. The molecule has 1 fully saturated rings. The molecule has 0 aromatic heterocycles. The molecule has 4 N–H and O–H groups in total. The second-order valence-electron chi connectivity index (χ2n) is 4.25. The van der Waals surface area contributed by atoms with Crippen molar-refractivity contribution in [1.82, 2.24) is 4.90 Å². The number of hydrogen-bond donors (Lipinski definition) is 4. The molecule has 1 saturated heterocycles. The molecule has 1 aliphatic heterocycles. The van der Waals surface area contributed by atoms with Gasteiger partial charge in [0.25, 0.3) is 0 Å². The predicted octanol–water partition coefficient (Wildman–Crippen LogP) is -0.854. The van der Waals surface area contributed by atoms with Crippen LogP contribution in [-0.4, -0.2) is 79.2 Å². The summed E-state index contributed by atoms with van der Waals surface area (Å²) in [5.41, 5.74) is -0.802. The van der Waals surface area contributed by atoms with Crippen LogP contribution in [0.5, 0.6) is 0 Å². The van der Waals surface area contributed by atoms with Crippen molar-refractivity contribution in [2.24, 2.45) is 0 Å². The number of ether oxygens (including phenoxy) is 1. The SMILES string of the molecule is CCN(CC)C(=S)SC1O[C@H](CO)[C@@H](O)[C@H](O)[C@@H]1O. The zero-order valence-corrected chi connectivity index (χ0v) is 12.6. The van der Waals surface area contributed by atoms with Gasteiger partial charge in [-0.2, -0.15) is 0 Å². The van der Waals surface area contributed by atoms with Crippen LogP contribution in [0.2, 0.25) is 0 Å². The number of nitrogens with zero attached hydrogens (tertiary/aromatic N) is 1. The van der Waals surface area contributed by atoms with Crippen molar-refractivity contribution >= 4 is 28.3 Å². The molecule has 8 heteroatoms. The van der Waals surface area contributed by atoms with E-state index >= 15 is 0 Å². The molecule has 1 unspecified atom stereocenters. The molecule has 0 bridgehead atoms. The van der Waals surface area contributed by atoms with Crippen LogP contribution in [0.3, 0.4) is 0 Å². The molecular formula is C11H21NO5S2. The predicted molar refractivity (Wildman–Crippen MR) is 76.9 cm³/mol. The third-order valence-corrected chi connectivity index (χ3v) is 4.72. The summed E-state index contributed by atoms with van der Waals surface area (Å²) in [6.45, 7) is 4.97. The van der Waals surface area contributed by atoms with E-state index in [1.165, 1.54) is 0 Å². The Morgan fingerprint density at radius 3 is 2.21 bits per heavy atom. The molecule has 0 aliphatic carbocycles. The van der Waals surface area contributed by atoms with Gasteiger partial charge in [0.05, 0.1) is 6.61 Å². The highest BCUT2D eigenvalue weighted by atomic mass is 32.2. The molecule has 0 amide bonds. The normalized spacial score (nSPS) is 35.2. The minimum Gasteiger partial charge on any atom is -0.394 e. The fourth-order valence-electron chi connectivity index (χ4n) is 1.82. The van der Waals surface area contributed by atoms with Crippen LogP contribution in [0.1, 0.15) is 13.8 Å². The summed E-state index contributed by atoms with van der Waals surface area (Å²) in [5.74, 6) is 0. The van der Waals surface area contributed by atoms with Gasteiger partial charge < -0.3 is 30.1 Å². The van der Waals surface area contributed by atoms with E-state index in [4.69, 9.17) is 22.1 Å². The molecule has 1 rings (SSSR count). The number of thioether (sulfide) groups is 1. The van der Waals surface area contributed by atoms with Crippen LogP contribution in [0.4, 0.5) is 0 Å². The first-order valence-corrected chi connectivity index (χ1v) is 7.51. The summed E-state index contributed by atoms with van der Waals surface area (Å²) in [6.07, 6.45) is -4.84. The molecule has 19 heavy (non-hydrogen) atoms. The third-order valence-electron chi connectivity index (χ3n) is 3.09. The van der Waals surface area contributed by atoms with E-state index in [2.05, 4.69) is 0 Å². The Labute approximate surface area is 122 Å². The summed E-state index contributed by atoms with van der Waals surface area (Å²) in [7, 11) is 0. The molecule has 0 spiro atoms. The van der Waals surface area contributed by atoms with Gasteiger partial charge in [0.2, 0.25) is 0 Å². The van der Waals surface area contributed by atoms with Crippen molar-refractivity contribution in [2.45, 2.75) is 43.7 Å². The number of thiocarbonyl (C=S) groups is 1. The third kappa shape index (κ3) is 4.01. The second kappa shape index (κ2) is 7.72. The Balaban J connectivity index is 2.69. The number of rotatable bonds is 4. The fourth-order valence-corrected chi connectivity index (χ4v) is 3.47. The first-order valence-electron chi connectivity index (χ1n) is 6.22. The van der Waals surface area contributed by atoms with E-state index in [1.54, 1.807) is 0 Å². The molecule has 0 aromatic rings. The van der Waals surface area contributed by atoms with Gasteiger partial charge in [-0.1, -0.05) is 24.0 Å². The van der Waals surface area contributed by atoms with Crippen LogP contribution in [0.15, 0.2) is 0 Å². The Morgan fingerprint density at radius 2 is 1.74 bits per heavy atom. The summed E-state index contributed by atoms with van der Waals surface area (Å²) >= 11 is 6.36. The first-order chi connectivity index (χ1) is 8.96. The minimum atomic E-state index is -1.36. The topological polar surface area (TPSA) is 93.4 Å². The van der Waals surface area contributed by atoms with Crippen LogP contribution in [-0.2, 0) is 4.74 Å². The van der Waals surface area contributed by atoms with Crippen molar-refractivity contribution in [1.29, 1.82) is 0 Å². The smallest absolute Gasteiger partial charge is 0.139 e. The summed E-state index contributed by atoms with van der Waals surface area (Å²) < 4.78 is 5.93. The lowest BCUT2D eigenvalue weighted by Crippen LogP contribution is -2.57. The lowest BCUT2D eigenvalue weighted by Gasteiger charge is -2.40. The van der Waals surface area contributed by atoms with Crippen molar-refractivity contribution in [3.8, 4) is 0 Å². The van der Waals surface area contributed by atoms with Crippen LogP contribution < -0.4 is 0 Å². The monoisotopic (exact) mass is 311 g/mol. The largest absolute Gasteiger partial charge is 0.394 e. The second-order valence-corrected chi connectivity index (χ2v) is 5.99. The maximum absolute atomic E-state index is 9.88. The molecule has 6 nitrogen and oxygen atoms in total. The van der Waals surface area contributed by atoms with Crippen molar-refractivity contribution in [3.63, 3.8) is 0 Å². The molecule has 0 aromatic carbocycles. The molecule has 112 valence electrons. The van der Waals surface area contributed by atoms with Gasteiger partial charge in [-0.05, 0) is 13.8 Å². The van der Waals surface area contributed by atoms with Crippen molar-refractivity contribution in [2.75, 3.05) is 19.7 Å². The van der Waals surface area contributed by atoms with Crippen molar-refractivity contribution < 1.29 is 25.2 Å². The highest BCUT2D eigenvalue weighted by Crippen LogP contribution is 2.30. The Kier molecular flexibility index (Phi) is 6.95. The minimum absolute atomic E-state index is 0.431. The summed E-state index contributed by atoms with van der Waals surface area (Å²) in [6, 6.07) is 0. The highest BCUT2D eigenvalue weighted by molar-refractivity contribution is 8.23. The van der Waals surface area contributed by atoms with Crippen LogP contribution in [0.25, 0.3) is 0 Å². The van der Waals surface area contributed by atoms with E-state index in [-0.39, 0.29) is 0 Å². The summed E-state index contributed by atoms with van der Waals surface area (Å²) in [5, 5.41) is 38.3. The van der Waals surface area contributed by atoms with E-state index in [0.29, 0.717) is 4.32 Å². The average molecular weight is 311 g/mol.